The average Bonchev–Trinajstić information content (AvgIpc) is 2.29. The molecule has 0 aromatic carbocycles. The molecule has 0 aliphatic heterocycles. The van der Waals surface area contributed by atoms with Crippen molar-refractivity contribution in [1.82, 2.24) is 10.3 Å². The van der Waals surface area contributed by atoms with Crippen molar-refractivity contribution in [2.45, 2.75) is 19.8 Å². The molecule has 0 saturated carbocycles. The summed E-state index contributed by atoms with van der Waals surface area (Å²) in [6.45, 7) is 3.32. The molecule has 1 heterocycles. The van der Waals surface area contributed by atoms with Crippen LogP contribution >= 0.6 is 11.6 Å². The number of amides is 1. The van der Waals surface area contributed by atoms with E-state index in [0.29, 0.717) is 18.0 Å². The van der Waals surface area contributed by atoms with Crippen molar-refractivity contribution in [3.63, 3.8) is 0 Å². The van der Waals surface area contributed by atoms with Crippen molar-refractivity contribution in [3.8, 4) is 0 Å². The summed E-state index contributed by atoms with van der Waals surface area (Å²) in [6, 6.07) is 1.78. The maximum atomic E-state index is 11.3. The molecule has 0 fully saturated rings. The number of hydrogen-bond acceptors (Lipinski definition) is 3. The van der Waals surface area contributed by atoms with Crippen molar-refractivity contribution in [2.75, 3.05) is 18.4 Å². The molecule has 0 unspecified atom stereocenters. The lowest BCUT2D eigenvalue weighted by atomic mass is 10.3. The highest BCUT2D eigenvalue weighted by Gasteiger charge is 2.01. The summed E-state index contributed by atoms with van der Waals surface area (Å²) in [5, 5.41) is 6.46. The third-order valence-corrected chi connectivity index (χ3v) is 2.31. The van der Waals surface area contributed by atoms with Gasteiger partial charge in [0.25, 0.3) is 0 Å². The second-order valence-corrected chi connectivity index (χ2v) is 3.79. The van der Waals surface area contributed by atoms with E-state index in [-0.39, 0.29) is 5.91 Å². The number of nitrogens with one attached hydrogen (secondary N) is 2. The highest BCUT2D eigenvalue weighted by atomic mass is 35.5. The molecule has 88 valence electrons. The van der Waals surface area contributed by atoms with E-state index in [0.717, 1.165) is 18.7 Å². The Bertz CT molecular complexity index is 344. The van der Waals surface area contributed by atoms with Crippen LogP contribution in [0.1, 0.15) is 19.8 Å². The van der Waals surface area contributed by atoms with Gasteiger partial charge >= 0.3 is 0 Å². The number of hydrogen-bond donors (Lipinski definition) is 2. The molecule has 0 spiro atoms. The van der Waals surface area contributed by atoms with Gasteiger partial charge in [0.05, 0.1) is 10.7 Å². The van der Waals surface area contributed by atoms with Gasteiger partial charge in [0.2, 0.25) is 5.91 Å². The number of aromatic nitrogens is 1. The van der Waals surface area contributed by atoms with Crippen LogP contribution in [0.3, 0.4) is 0 Å². The summed E-state index contributed by atoms with van der Waals surface area (Å²) in [5.74, 6) is 0.0551. The van der Waals surface area contributed by atoms with Crippen LogP contribution in [0.15, 0.2) is 18.5 Å². The van der Waals surface area contributed by atoms with Crippen molar-refractivity contribution >= 4 is 23.2 Å². The Hall–Kier alpha value is -1.29. The monoisotopic (exact) mass is 241 g/mol. The van der Waals surface area contributed by atoms with E-state index in [4.69, 9.17) is 11.6 Å². The topological polar surface area (TPSA) is 54.0 Å². The van der Waals surface area contributed by atoms with Crippen LogP contribution in [-0.2, 0) is 4.79 Å². The van der Waals surface area contributed by atoms with E-state index in [1.807, 2.05) is 6.92 Å². The van der Waals surface area contributed by atoms with Gasteiger partial charge in [0, 0.05) is 31.9 Å². The number of carbonyl (C=O) groups is 1. The van der Waals surface area contributed by atoms with Gasteiger partial charge in [-0.05, 0) is 12.5 Å². The minimum absolute atomic E-state index is 0.0551. The van der Waals surface area contributed by atoms with Gasteiger partial charge in [0.1, 0.15) is 0 Å². The standard InChI is InChI=1S/C11H16ClN3O/c1-2-5-15-11(16)4-7-14-10-3-6-13-8-9(10)12/h3,6,8H,2,4-5,7H2,1H3,(H,13,14)(H,15,16). The normalized spacial score (nSPS) is 9.88. The van der Waals surface area contributed by atoms with Crippen LogP contribution in [-0.4, -0.2) is 24.0 Å². The van der Waals surface area contributed by atoms with E-state index >= 15 is 0 Å². The fourth-order valence-electron chi connectivity index (χ4n) is 1.18. The maximum absolute atomic E-state index is 11.3. The zero-order valence-electron chi connectivity index (χ0n) is 9.29. The third-order valence-electron chi connectivity index (χ3n) is 2.01. The van der Waals surface area contributed by atoms with E-state index in [1.165, 1.54) is 0 Å². The first kappa shape index (κ1) is 12.8. The van der Waals surface area contributed by atoms with Crippen LogP contribution in [0.4, 0.5) is 5.69 Å². The van der Waals surface area contributed by atoms with Crippen molar-refractivity contribution in [1.29, 1.82) is 0 Å². The minimum Gasteiger partial charge on any atom is -0.383 e. The third kappa shape index (κ3) is 4.49. The molecule has 0 bridgehead atoms. The van der Waals surface area contributed by atoms with Gasteiger partial charge < -0.3 is 10.6 Å². The number of rotatable bonds is 6. The highest BCUT2D eigenvalue weighted by molar-refractivity contribution is 6.33. The van der Waals surface area contributed by atoms with Gasteiger partial charge in [-0.2, -0.15) is 0 Å². The van der Waals surface area contributed by atoms with E-state index < -0.39 is 0 Å². The first-order valence-electron chi connectivity index (χ1n) is 5.34. The molecule has 1 amide bonds. The molecule has 2 N–H and O–H groups in total. The Morgan fingerprint density at radius 2 is 2.31 bits per heavy atom. The lowest BCUT2D eigenvalue weighted by Gasteiger charge is -2.07. The Kier molecular flexibility index (Phi) is 5.64. The predicted molar refractivity (Wildman–Crippen MR) is 65.7 cm³/mol. The zero-order chi connectivity index (χ0) is 11.8. The molecular formula is C11H16ClN3O. The number of pyridine rings is 1. The highest BCUT2D eigenvalue weighted by Crippen LogP contribution is 2.18. The Morgan fingerprint density at radius 3 is 3.00 bits per heavy atom. The van der Waals surface area contributed by atoms with Crippen molar-refractivity contribution in [3.05, 3.63) is 23.5 Å². The summed E-state index contributed by atoms with van der Waals surface area (Å²) in [5.41, 5.74) is 0.806. The van der Waals surface area contributed by atoms with E-state index in [2.05, 4.69) is 15.6 Å². The summed E-state index contributed by atoms with van der Waals surface area (Å²) in [7, 11) is 0. The molecule has 4 nitrogen and oxygen atoms in total. The fraction of sp³-hybridized carbons (Fsp3) is 0.455. The fourth-order valence-corrected chi connectivity index (χ4v) is 1.37. The minimum atomic E-state index is 0.0551. The summed E-state index contributed by atoms with van der Waals surface area (Å²) in [4.78, 5) is 15.2. The first-order chi connectivity index (χ1) is 7.74. The number of nitrogens with zero attached hydrogens (tertiary/aromatic N) is 1. The lowest BCUT2D eigenvalue weighted by molar-refractivity contribution is -0.120. The summed E-state index contributed by atoms with van der Waals surface area (Å²) < 4.78 is 0. The Labute approximate surface area is 100 Å². The molecule has 16 heavy (non-hydrogen) atoms. The van der Waals surface area contributed by atoms with Gasteiger partial charge in [-0.3, -0.25) is 9.78 Å². The molecule has 5 heteroatoms. The molecule has 0 aliphatic rings. The number of halogens is 1. The lowest BCUT2D eigenvalue weighted by Crippen LogP contribution is -2.25. The summed E-state index contributed by atoms with van der Waals surface area (Å²) in [6.07, 6.45) is 4.63. The second-order valence-electron chi connectivity index (χ2n) is 3.38. The summed E-state index contributed by atoms with van der Waals surface area (Å²) >= 11 is 5.90. The number of carbonyl (C=O) groups excluding carboxylic acids is 1. The smallest absolute Gasteiger partial charge is 0.221 e. The molecule has 1 aromatic rings. The first-order valence-corrected chi connectivity index (χ1v) is 5.72. The van der Waals surface area contributed by atoms with Gasteiger partial charge in [-0.1, -0.05) is 18.5 Å². The second kappa shape index (κ2) is 7.06. The van der Waals surface area contributed by atoms with Crippen LogP contribution in [0, 0.1) is 0 Å². The molecule has 0 atom stereocenters. The molecule has 0 saturated heterocycles. The molecule has 0 radical (unpaired) electrons. The van der Waals surface area contributed by atoms with Gasteiger partial charge in [-0.15, -0.1) is 0 Å². The zero-order valence-corrected chi connectivity index (χ0v) is 10.0. The molecule has 1 aromatic heterocycles. The van der Waals surface area contributed by atoms with E-state index in [9.17, 15) is 4.79 Å². The van der Waals surface area contributed by atoms with Crippen LogP contribution in [0.5, 0.6) is 0 Å². The largest absolute Gasteiger partial charge is 0.383 e. The van der Waals surface area contributed by atoms with Crippen LogP contribution in [0.25, 0.3) is 0 Å². The molecule has 0 aliphatic carbocycles. The van der Waals surface area contributed by atoms with Gasteiger partial charge in [-0.25, -0.2) is 0 Å². The van der Waals surface area contributed by atoms with Gasteiger partial charge in [0.15, 0.2) is 0 Å². The number of anilines is 1. The van der Waals surface area contributed by atoms with Crippen molar-refractivity contribution in [2.24, 2.45) is 0 Å². The molecule has 1 rings (SSSR count). The average molecular weight is 242 g/mol. The quantitative estimate of drug-likeness (QED) is 0.802. The van der Waals surface area contributed by atoms with Crippen LogP contribution in [0.2, 0.25) is 5.02 Å². The molecular weight excluding hydrogens is 226 g/mol. The SMILES string of the molecule is CCCNC(=O)CCNc1ccncc1Cl. The van der Waals surface area contributed by atoms with E-state index in [1.54, 1.807) is 18.5 Å². The van der Waals surface area contributed by atoms with Crippen molar-refractivity contribution < 1.29 is 4.79 Å². The Morgan fingerprint density at radius 1 is 1.50 bits per heavy atom. The predicted octanol–water partition coefficient (Wildman–Crippen LogP) is 2.06. The van der Waals surface area contributed by atoms with Crippen LogP contribution < -0.4 is 10.6 Å². The maximum Gasteiger partial charge on any atom is 0.221 e. The Balaban J connectivity index is 2.25.